The van der Waals surface area contributed by atoms with E-state index in [2.05, 4.69) is 10.6 Å². The maximum Gasteiger partial charge on any atom is 0.322 e. The standard InChI is InChI=1S/C17H21N3O5/c1-24-10-11-25-13-5-3-2-4-12(13)14(21)20-8-6-17(7-9-20)15(22)18-16(23)19-17/h2-5H,6-11H2,1H3,(H2,18,19,22,23). The molecule has 134 valence electrons. The molecule has 3 rings (SSSR count). The molecule has 2 heterocycles. The van der Waals surface area contributed by atoms with Gasteiger partial charge in [-0.05, 0) is 25.0 Å². The van der Waals surface area contributed by atoms with E-state index in [0.717, 1.165) is 0 Å². The molecule has 0 radical (unpaired) electrons. The SMILES string of the molecule is COCCOc1ccccc1C(=O)N1CCC2(CC1)NC(=O)NC2=O. The number of nitrogens with one attached hydrogen (secondary N) is 2. The minimum absolute atomic E-state index is 0.146. The number of carbonyl (C=O) groups excluding carboxylic acids is 3. The van der Waals surface area contributed by atoms with E-state index in [1.807, 2.05) is 6.07 Å². The maximum atomic E-state index is 12.8. The summed E-state index contributed by atoms with van der Waals surface area (Å²) in [5.41, 5.74) is -0.406. The van der Waals surface area contributed by atoms with Crippen LogP contribution in [0.5, 0.6) is 5.75 Å². The van der Waals surface area contributed by atoms with E-state index in [0.29, 0.717) is 50.5 Å². The molecular weight excluding hydrogens is 326 g/mol. The zero-order valence-electron chi connectivity index (χ0n) is 14.0. The number of methoxy groups -OCH3 is 1. The Morgan fingerprint density at radius 3 is 2.56 bits per heavy atom. The molecule has 2 N–H and O–H groups in total. The van der Waals surface area contributed by atoms with Crippen LogP contribution >= 0.6 is 0 Å². The van der Waals surface area contributed by atoms with Crippen LogP contribution in [0.15, 0.2) is 24.3 Å². The van der Waals surface area contributed by atoms with Crippen LogP contribution in [0.25, 0.3) is 0 Å². The highest BCUT2D eigenvalue weighted by Gasteiger charge is 2.48. The number of ether oxygens (including phenoxy) is 2. The van der Waals surface area contributed by atoms with Crippen LogP contribution < -0.4 is 15.4 Å². The number of rotatable bonds is 5. The largest absolute Gasteiger partial charge is 0.490 e. The molecule has 8 nitrogen and oxygen atoms in total. The smallest absolute Gasteiger partial charge is 0.322 e. The molecule has 2 saturated heterocycles. The van der Waals surface area contributed by atoms with Gasteiger partial charge in [0.2, 0.25) is 0 Å². The second-order valence-corrected chi connectivity index (χ2v) is 6.12. The quantitative estimate of drug-likeness (QED) is 0.598. The minimum Gasteiger partial charge on any atom is -0.490 e. The number of nitrogens with zero attached hydrogens (tertiary/aromatic N) is 1. The van der Waals surface area contributed by atoms with Gasteiger partial charge in [0.25, 0.3) is 11.8 Å². The van der Waals surface area contributed by atoms with Gasteiger partial charge in [-0.3, -0.25) is 14.9 Å². The van der Waals surface area contributed by atoms with Gasteiger partial charge in [-0.1, -0.05) is 12.1 Å². The summed E-state index contributed by atoms with van der Waals surface area (Å²) in [6, 6.07) is 6.59. The van der Waals surface area contributed by atoms with Gasteiger partial charge in [-0.2, -0.15) is 0 Å². The van der Waals surface area contributed by atoms with Crippen molar-refractivity contribution in [2.75, 3.05) is 33.4 Å². The van der Waals surface area contributed by atoms with Crippen molar-refractivity contribution < 1.29 is 23.9 Å². The molecule has 0 aliphatic carbocycles. The number of amides is 4. The van der Waals surface area contributed by atoms with Crippen LogP contribution in [0, 0.1) is 0 Å². The lowest BCUT2D eigenvalue weighted by Gasteiger charge is -2.37. The highest BCUT2D eigenvalue weighted by molar-refractivity contribution is 6.07. The number of carbonyl (C=O) groups is 3. The van der Waals surface area contributed by atoms with Gasteiger partial charge in [-0.15, -0.1) is 0 Å². The van der Waals surface area contributed by atoms with Crippen molar-refractivity contribution in [3.05, 3.63) is 29.8 Å². The first-order valence-corrected chi connectivity index (χ1v) is 8.19. The van der Waals surface area contributed by atoms with Crippen molar-refractivity contribution in [3.8, 4) is 5.75 Å². The Morgan fingerprint density at radius 1 is 1.20 bits per heavy atom. The van der Waals surface area contributed by atoms with E-state index in [9.17, 15) is 14.4 Å². The fraction of sp³-hybridized carbons (Fsp3) is 0.471. The molecule has 25 heavy (non-hydrogen) atoms. The van der Waals surface area contributed by atoms with E-state index in [1.165, 1.54) is 0 Å². The molecule has 4 amide bonds. The molecule has 0 bridgehead atoms. The number of piperidine rings is 1. The Labute approximate surface area is 145 Å². The van der Waals surface area contributed by atoms with Gasteiger partial charge in [0.15, 0.2) is 0 Å². The average molecular weight is 347 g/mol. The molecule has 0 saturated carbocycles. The fourth-order valence-electron chi connectivity index (χ4n) is 3.15. The highest BCUT2D eigenvalue weighted by atomic mass is 16.5. The molecule has 2 fully saturated rings. The van der Waals surface area contributed by atoms with Gasteiger partial charge in [0.05, 0.1) is 12.2 Å². The zero-order chi connectivity index (χ0) is 17.9. The average Bonchev–Trinajstić information content (AvgIpc) is 2.89. The van der Waals surface area contributed by atoms with Crippen molar-refractivity contribution in [3.63, 3.8) is 0 Å². The highest BCUT2D eigenvalue weighted by Crippen LogP contribution is 2.28. The monoisotopic (exact) mass is 347 g/mol. The summed E-state index contributed by atoms with van der Waals surface area (Å²) in [7, 11) is 1.59. The molecule has 0 aromatic heterocycles. The molecule has 1 aromatic carbocycles. The first-order valence-electron chi connectivity index (χ1n) is 8.19. The topological polar surface area (TPSA) is 97.0 Å². The molecular formula is C17H21N3O5. The molecule has 1 aromatic rings. The molecule has 8 heteroatoms. The Kier molecular flexibility index (Phi) is 4.89. The third-order valence-electron chi connectivity index (χ3n) is 4.58. The Hall–Kier alpha value is -2.61. The lowest BCUT2D eigenvalue weighted by molar-refractivity contribution is -0.125. The van der Waals surface area contributed by atoms with Gasteiger partial charge in [-0.25, -0.2) is 4.79 Å². The number of hydrogen-bond donors (Lipinski definition) is 2. The normalized spacial score (nSPS) is 18.8. The van der Waals surface area contributed by atoms with E-state index in [4.69, 9.17) is 9.47 Å². The van der Waals surface area contributed by atoms with E-state index < -0.39 is 11.6 Å². The number of urea groups is 1. The van der Waals surface area contributed by atoms with Crippen molar-refractivity contribution in [2.24, 2.45) is 0 Å². The lowest BCUT2D eigenvalue weighted by atomic mass is 9.87. The third-order valence-corrected chi connectivity index (χ3v) is 4.58. The minimum atomic E-state index is -0.887. The summed E-state index contributed by atoms with van der Waals surface area (Å²) >= 11 is 0. The van der Waals surface area contributed by atoms with Crippen molar-refractivity contribution in [2.45, 2.75) is 18.4 Å². The first kappa shape index (κ1) is 17.2. The summed E-state index contributed by atoms with van der Waals surface area (Å²) < 4.78 is 10.6. The first-order chi connectivity index (χ1) is 12.1. The van der Waals surface area contributed by atoms with Gasteiger partial charge in [0, 0.05) is 20.2 Å². The molecule has 2 aliphatic heterocycles. The third kappa shape index (κ3) is 3.43. The summed E-state index contributed by atoms with van der Waals surface area (Å²) in [4.78, 5) is 37.9. The maximum absolute atomic E-state index is 12.8. The van der Waals surface area contributed by atoms with Crippen molar-refractivity contribution >= 4 is 17.8 Å². The van der Waals surface area contributed by atoms with Gasteiger partial charge >= 0.3 is 6.03 Å². The molecule has 0 atom stereocenters. The van der Waals surface area contributed by atoms with Crippen LogP contribution in [0.1, 0.15) is 23.2 Å². The summed E-state index contributed by atoms with van der Waals surface area (Å²) in [6.45, 7) is 1.57. The van der Waals surface area contributed by atoms with Crippen LogP contribution in [-0.4, -0.2) is 61.7 Å². The Morgan fingerprint density at radius 2 is 1.92 bits per heavy atom. The lowest BCUT2D eigenvalue weighted by Crippen LogP contribution is -2.55. The molecule has 2 aliphatic rings. The zero-order valence-corrected chi connectivity index (χ0v) is 14.0. The van der Waals surface area contributed by atoms with E-state index in [-0.39, 0.29) is 11.8 Å². The molecule has 0 unspecified atom stereocenters. The predicted molar refractivity (Wildman–Crippen MR) is 88.4 cm³/mol. The fourth-order valence-corrected chi connectivity index (χ4v) is 3.15. The van der Waals surface area contributed by atoms with Crippen molar-refractivity contribution in [1.82, 2.24) is 15.5 Å². The van der Waals surface area contributed by atoms with Gasteiger partial charge in [0.1, 0.15) is 17.9 Å². The number of benzene rings is 1. The number of hydrogen-bond acceptors (Lipinski definition) is 5. The summed E-state index contributed by atoms with van der Waals surface area (Å²) in [6.07, 6.45) is 0.784. The van der Waals surface area contributed by atoms with Crippen LogP contribution in [-0.2, 0) is 9.53 Å². The number of imide groups is 1. The second kappa shape index (κ2) is 7.10. The summed E-state index contributed by atoms with van der Waals surface area (Å²) in [5.74, 6) is 0.0530. The van der Waals surface area contributed by atoms with Crippen molar-refractivity contribution in [1.29, 1.82) is 0 Å². The van der Waals surface area contributed by atoms with Crippen LogP contribution in [0.4, 0.5) is 4.79 Å². The van der Waals surface area contributed by atoms with Crippen LogP contribution in [0.2, 0.25) is 0 Å². The molecule has 1 spiro atoms. The van der Waals surface area contributed by atoms with E-state index in [1.54, 1.807) is 30.2 Å². The Bertz CT molecular complexity index is 683. The van der Waals surface area contributed by atoms with Crippen LogP contribution in [0.3, 0.4) is 0 Å². The summed E-state index contributed by atoms with van der Waals surface area (Å²) in [5, 5.41) is 4.95. The Balaban J connectivity index is 1.67. The number of likely N-dealkylation sites (tertiary alicyclic amines) is 1. The predicted octanol–water partition coefficient (Wildman–Crippen LogP) is 0.526. The number of para-hydroxylation sites is 1. The van der Waals surface area contributed by atoms with Gasteiger partial charge < -0.3 is 19.7 Å². The second-order valence-electron chi connectivity index (χ2n) is 6.12. The van der Waals surface area contributed by atoms with E-state index >= 15 is 0 Å².